The number of rotatable bonds is 7. The zero-order valence-electron chi connectivity index (χ0n) is 16.8. The molecule has 0 spiro atoms. The van der Waals surface area contributed by atoms with E-state index in [1.807, 2.05) is 6.92 Å². The highest BCUT2D eigenvalue weighted by Gasteiger charge is 2.28. The Kier molecular flexibility index (Phi) is 8.21. The Hall–Kier alpha value is -2.87. The van der Waals surface area contributed by atoms with Gasteiger partial charge < -0.3 is 20.1 Å². The third-order valence-corrected chi connectivity index (χ3v) is 5.21. The molecule has 1 saturated carbocycles. The first-order valence-corrected chi connectivity index (χ1v) is 9.75. The van der Waals surface area contributed by atoms with E-state index in [0.29, 0.717) is 23.0 Å². The number of ether oxygens (including phenoxy) is 1. The number of ketones is 1. The summed E-state index contributed by atoms with van der Waals surface area (Å²) >= 11 is 0. The molecule has 0 unspecified atom stereocenters. The summed E-state index contributed by atoms with van der Waals surface area (Å²) in [5.74, 6) is 2.89. The number of nitrogens with zero attached hydrogens (tertiary/aromatic N) is 3. The number of carbonyl (C=O) groups is 1. The summed E-state index contributed by atoms with van der Waals surface area (Å²) in [6.07, 6.45) is 20.9. The highest BCUT2D eigenvalue weighted by atomic mass is 16.5. The molecule has 1 aliphatic rings. The minimum atomic E-state index is -0.487. The Balaban J connectivity index is 0.00000145. The van der Waals surface area contributed by atoms with E-state index in [0.717, 1.165) is 25.7 Å². The van der Waals surface area contributed by atoms with Crippen LogP contribution in [-0.2, 0) is 4.74 Å². The maximum atomic E-state index is 13.2. The predicted molar refractivity (Wildman–Crippen MR) is 113 cm³/mol. The van der Waals surface area contributed by atoms with Crippen LogP contribution >= 0.6 is 0 Å². The Morgan fingerprint density at radius 1 is 1.38 bits per heavy atom. The molecule has 0 aromatic carbocycles. The fourth-order valence-electron chi connectivity index (χ4n) is 3.79. The van der Waals surface area contributed by atoms with Crippen LogP contribution in [0, 0.1) is 31.1 Å². The smallest absolute Gasteiger partial charge is 0.168 e. The molecule has 2 atom stereocenters. The second-order valence-corrected chi connectivity index (χ2v) is 7.05. The third-order valence-electron chi connectivity index (χ3n) is 5.21. The molecule has 0 aliphatic heterocycles. The van der Waals surface area contributed by atoms with Crippen LogP contribution in [0.15, 0.2) is 12.5 Å². The Bertz CT molecular complexity index is 891. The van der Waals surface area contributed by atoms with E-state index >= 15 is 0 Å². The number of aromatic nitrogens is 3. The van der Waals surface area contributed by atoms with Gasteiger partial charge in [-0.05, 0) is 19.8 Å². The van der Waals surface area contributed by atoms with Gasteiger partial charge in [0.05, 0.1) is 18.1 Å². The van der Waals surface area contributed by atoms with E-state index < -0.39 is 12.3 Å². The lowest BCUT2D eigenvalue weighted by atomic mass is 9.84. The second-order valence-electron chi connectivity index (χ2n) is 7.05. The van der Waals surface area contributed by atoms with Gasteiger partial charge in [0, 0.05) is 24.1 Å². The molecule has 0 saturated heterocycles. The number of anilines is 1. The molecule has 1 aliphatic carbocycles. The summed E-state index contributed by atoms with van der Waals surface area (Å²) in [5.41, 5.74) is 7.18. The number of Topliss-reactive ketones (excluding diaryl/α,β-unsaturated/α-hetero) is 1. The zero-order valence-corrected chi connectivity index (χ0v) is 16.8. The highest BCUT2D eigenvalue weighted by Crippen LogP contribution is 2.33. The molecular weight excluding hydrogens is 368 g/mol. The monoisotopic (exact) mass is 396 g/mol. The van der Waals surface area contributed by atoms with Crippen molar-refractivity contribution in [3.63, 3.8) is 0 Å². The van der Waals surface area contributed by atoms with Crippen molar-refractivity contribution in [2.45, 2.75) is 57.8 Å². The number of aliphatic hydroxyl groups excluding tert-OH is 1. The number of nitrogens with two attached hydrogens (primary N) is 1. The fourth-order valence-corrected chi connectivity index (χ4v) is 3.79. The SMILES string of the molecule is C#C.C#CC[C@@H](CO)O[C@H](C)n1cc(C(=O)C2CCCCC2)c2c(N)ncnc21. The van der Waals surface area contributed by atoms with Gasteiger partial charge in [-0.3, -0.25) is 4.79 Å². The number of aliphatic hydroxyl groups is 1. The summed E-state index contributed by atoms with van der Waals surface area (Å²) in [4.78, 5) is 21.5. The second kappa shape index (κ2) is 10.6. The molecule has 0 radical (unpaired) electrons. The number of hydrogen-bond donors (Lipinski definition) is 2. The molecule has 2 aromatic rings. The molecule has 0 amide bonds. The largest absolute Gasteiger partial charge is 0.394 e. The molecule has 3 N–H and O–H groups in total. The van der Waals surface area contributed by atoms with E-state index in [9.17, 15) is 9.90 Å². The summed E-state index contributed by atoms with van der Waals surface area (Å²) in [7, 11) is 0. The maximum Gasteiger partial charge on any atom is 0.168 e. The van der Waals surface area contributed by atoms with Crippen LogP contribution in [0.2, 0.25) is 0 Å². The standard InChI is InChI=1S/C20H26N4O3.C2H2/c1-3-7-15(11-25)27-13(2)24-10-16(17-19(21)22-12-23-20(17)24)18(26)14-8-5-4-6-9-14;1-2/h1,10,12-15,25H,4-9,11H2,2H3,(H2,21,22,23);1-2H/t13-,15+;/m1./s1. The van der Waals surface area contributed by atoms with E-state index in [1.165, 1.54) is 12.7 Å². The zero-order chi connectivity index (χ0) is 21.4. The molecule has 7 nitrogen and oxygen atoms in total. The molecule has 0 bridgehead atoms. The number of hydrogen-bond acceptors (Lipinski definition) is 6. The van der Waals surface area contributed by atoms with Crippen LogP contribution < -0.4 is 5.73 Å². The number of terminal acetylenes is 2. The van der Waals surface area contributed by atoms with Gasteiger partial charge in [0.2, 0.25) is 0 Å². The first kappa shape index (κ1) is 22.4. The van der Waals surface area contributed by atoms with Crippen LogP contribution in [0.1, 0.15) is 62.0 Å². The highest BCUT2D eigenvalue weighted by molar-refractivity contribution is 6.11. The summed E-state index contributed by atoms with van der Waals surface area (Å²) in [6, 6.07) is 0. The molecule has 154 valence electrons. The Morgan fingerprint density at radius 2 is 2.07 bits per heavy atom. The first-order valence-electron chi connectivity index (χ1n) is 9.75. The summed E-state index contributed by atoms with van der Waals surface area (Å²) in [6.45, 7) is 1.64. The lowest BCUT2D eigenvalue weighted by molar-refractivity contribution is -0.0605. The van der Waals surface area contributed by atoms with Gasteiger partial charge in [0.1, 0.15) is 24.0 Å². The van der Waals surface area contributed by atoms with Crippen molar-refractivity contribution in [3.05, 3.63) is 18.1 Å². The van der Waals surface area contributed by atoms with Gasteiger partial charge in [-0.2, -0.15) is 0 Å². The summed E-state index contributed by atoms with van der Waals surface area (Å²) < 4.78 is 7.64. The van der Waals surface area contributed by atoms with Crippen LogP contribution in [0.5, 0.6) is 0 Å². The quantitative estimate of drug-likeness (QED) is 0.551. The van der Waals surface area contributed by atoms with Crippen molar-refractivity contribution in [2.24, 2.45) is 5.92 Å². The Morgan fingerprint density at radius 3 is 2.69 bits per heavy atom. The van der Waals surface area contributed by atoms with Crippen LogP contribution in [0.4, 0.5) is 5.82 Å². The lowest BCUT2D eigenvalue weighted by Crippen LogP contribution is -2.22. The van der Waals surface area contributed by atoms with Crippen molar-refractivity contribution >= 4 is 22.6 Å². The molecule has 3 rings (SSSR count). The van der Waals surface area contributed by atoms with Crippen LogP contribution in [-0.4, -0.2) is 38.1 Å². The van der Waals surface area contributed by atoms with Crippen molar-refractivity contribution in [1.29, 1.82) is 0 Å². The van der Waals surface area contributed by atoms with E-state index in [4.69, 9.17) is 16.9 Å². The molecule has 2 aromatic heterocycles. The van der Waals surface area contributed by atoms with Gasteiger partial charge in [-0.1, -0.05) is 19.3 Å². The lowest BCUT2D eigenvalue weighted by Gasteiger charge is -2.21. The normalized spacial score (nSPS) is 16.4. The molecule has 1 fully saturated rings. The minimum Gasteiger partial charge on any atom is -0.394 e. The number of nitrogen functional groups attached to an aromatic ring is 1. The molecule has 29 heavy (non-hydrogen) atoms. The average Bonchev–Trinajstić information content (AvgIpc) is 3.16. The van der Waals surface area contributed by atoms with E-state index in [1.54, 1.807) is 10.8 Å². The fraction of sp³-hybridized carbons (Fsp3) is 0.500. The van der Waals surface area contributed by atoms with Gasteiger partial charge in [-0.25, -0.2) is 9.97 Å². The Labute approximate surface area is 171 Å². The minimum absolute atomic E-state index is 0.0141. The van der Waals surface area contributed by atoms with Crippen LogP contribution in [0.3, 0.4) is 0 Å². The number of fused-ring (bicyclic) bond motifs is 1. The van der Waals surface area contributed by atoms with Gasteiger partial charge in [0.15, 0.2) is 5.78 Å². The van der Waals surface area contributed by atoms with E-state index in [-0.39, 0.29) is 24.1 Å². The molecule has 2 heterocycles. The van der Waals surface area contributed by atoms with Crippen molar-refractivity contribution in [3.8, 4) is 25.2 Å². The van der Waals surface area contributed by atoms with Gasteiger partial charge in [-0.15, -0.1) is 25.2 Å². The topological polar surface area (TPSA) is 103 Å². The molecular formula is C22H28N4O3. The maximum absolute atomic E-state index is 13.2. The van der Waals surface area contributed by atoms with Crippen LogP contribution in [0.25, 0.3) is 11.0 Å². The van der Waals surface area contributed by atoms with Crippen molar-refractivity contribution in [2.75, 3.05) is 12.3 Å². The van der Waals surface area contributed by atoms with Crippen molar-refractivity contribution < 1.29 is 14.6 Å². The van der Waals surface area contributed by atoms with Gasteiger partial charge in [0.25, 0.3) is 0 Å². The first-order chi connectivity index (χ1) is 14.1. The number of carbonyl (C=O) groups excluding carboxylic acids is 1. The third kappa shape index (κ3) is 4.95. The summed E-state index contributed by atoms with van der Waals surface area (Å²) in [5, 5.41) is 10.0. The average molecular weight is 396 g/mol. The van der Waals surface area contributed by atoms with E-state index in [2.05, 4.69) is 28.7 Å². The predicted octanol–water partition coefficient (Wildman–Crippen LogP) is 2.95. The van der Waals surface area contributed by atoms with Crippen molar-refractivity contribution in [1.82, 2.24) is 14.5 Å². The molecule has 7 heteroatoms. The van der Waals surface area contributed by atoms with Gasteiger partial charge >= 0.3 is 0 Å².